The quantitative estimate of drug-likeness (QED) is 0.297. The van der Waals surface area contributed by atoms with E-state index in [1.54, 1.807) is 12.4 Å². The molecule has 7 rings (SSSR count). The van der Waals surface area contributed by atoms with Gasteiger partial charge in [-0.3, -0.25) is 9.47 Å². The van der Waals surface area contributed by atoms with Gasteiger partial charge < -0.3 is 10.6 Å². The van der Waals surface area contributed by atoms with Crippen LogP contribution in [0.1, 0.15) is 55.1 Å². The maximum absolute atomic E-state index is 9.13. The highest BCUT2D eigenvalue weighted by atomic mass is 15.3. The number of benzene rings is 1. The summed E-state index contributed by atoms with van der Waals surface area (Å²) in [6.07, 6.45) is 9.58. The summed E-state index contributed by atoms with van der Waals surface area (Å²) >= 11 is 0. The smallest absolute Gasteiger partial charge is 0.234 e. The minimum Gasteiger partial charge on any atom is -0.383 e. The molecule has 0 bridgehead atoms. The molecule has 1 saturated carbocycles. The van der Waals surface area contributed by atoms with E-state index in [2.05, 4.69) is 65.7 Å². The lowest BCUT2D eigenvalue weighted by atomic mass is 9.87. The van der Waals surface area contributed by atoms with Crippen molar-refractivity contribution in [2.24, 2.45) is 0 Å². The Bertz CT molecular complexity index is 1770. The molecule has 1 aromatic carbocycles. The van der Waals surface area contributed by atoms with Crippen molar-refractivity contribution in [3.8, 4) is 23.1 Å². The Morgan fingerprint density at radius 2 is 1.65 bits per heavy atom. The van der Waals surface area contributed by atoms with Crippen molar-refractivity contribution in [3.05, 3.63) is 84.1 Å². The predicted molar refractivity (Wildman–Crippen MR) is 167 cm³/mol. The molecule has 0 atom stereocenters. The molecule has 0 radical (unpaired) electrons. The molecule has 1 aliphatic heterocycles. The van der Waals surface area contributed by atoms with Crippen LogP contribution in [0.3, 0.4) is 0 Å². The van der Waals surface area contributed by atoms with Crippen LogP contribution in [-0.2, 0) is 6.54 Å². The van der Waals surface area contributed by atoms with Crippen LogP contribution in [0, 0.1) is 11.3 Å². The zero-order valence-corrected chi connectivity index (χ0v) is 24.1. The zero-order valence-electron chi connectivity index (χ0n) is 24.1. The Labute approximate surface area is 250 Å². The number of rotatable bonds is 6. The van der Waals surface area contributed by atoms with Gasteiger partial charge in [0.05, 0.1) is 5.56 Å². The number of nitrogens with two attached hydrogens (primary N) is 1. The molecule has 2 N–H and O–H groups in total. The first-order valence-corrected chi connectivity index (χ1v) is 15.1. The monoisotopic (exact) mass is 570 g/mol. The Hall–Kier alpha value is -4.88. The zero-order chi connectivity index (χ0) is 29.2. The van der Waals surface area contributed by atoms with Crippen molar-refractivity contribution in [1.82, 2.24) is 34.4 Å². The predicted octanol–water partition coefficient (Wildman–Crippen LogP) is 5.10. The summed E-state index contributed by atoms with van der Waals surface area (Å²) < 4.78 is 2.13. The first-order chi connectivity index (χ1) is 21.2. The molecular formula is C33H34N10. The Morgan fingerprint density at radius 1 is 0.837 bits per heavy atom. The molecule has 43 heavy (non-hydrogen) atoms. The number of fused-ring (bicyclic) bond motifs is 1. The number of aromatic nitrogens is 6. The minimum absolute atomic E-state index is 0.209. The first-order valence-electron chi connectivity index (χ1n) is 15.1. The number of nitrogens with zero attached hydrogens (tertiary/aromatic N) is 9. The Morgan fingerprint density at radius 3 is 2.42 bits per heavy atom. The van der Waals surface area contributed by atoms with Gasteiger partial charge in [0.15, 0.2) is 11.5 Å². The molecule has 5 heterocycles. The molecule has 2 aliphatic rings. The van der Waals surface area contributed by atoms with Crippen LogP contribution in [0.15, 0.2) is 67.0 Å². The highest BCUT2D eigenvalue weighted by Crippen LogP contribution is 2.35. The summed E-state index contributed by atoms with van der Waals surface area (Å²) in [4.78, 5) is 27.6. The molecule has 1 aliphatic carbocycles. The van der Waals surface area contributed by atoms with E-state index in [0.29, 0.717) is 11.7 Å². The van der Waals surface area contributed by atoms with Crippen LogP contribution >= 0.6 is 0 Å². The lowest BCUT2D eigenvalue weighted by Crippen LogP contribution is -2.46. The number of pyridine rings is 2. The number of hydrogen-bond acceptors (Lipinski definition) is 9. The van der Waals surface area contributed by atoms with Crippen molar-refractivity contribution < 1.29 is 0 Å². The van der Waals surface area contributed by atoms with E-state index in [1.165, 1.54) is 37.7 Å². The second-order valence-electron chi connectivity index (χ2n) is 11.4. The fourth-order valence-corrected chi connectivity index (χ4v) is 6.35. The second-order valence-corrected chi connectivity index (χ2v) is 11.4. The number of hydrogen-bond donors (Lipinski definition) is 1. The van der Waals surface area contributed by atoms with E-state index >= 15 is 0 Å². The number of imidazole rings is 1. The summed E-state index contributed by atoms with van der Waals surface area (Å²) in [5, 5.41) is 9.13. The molecule has 10 nitrogen and oxygen atoms in total. The van der Waals surface area contributed by atoms with Crippen LogP contribution < -0.4 is 10.6 Å². The fraction of sp³-hybridized carbons (Fsp3) is 0.333. The Balaban J connectivity index is 1.15. The third-order valence-corrected chi connectivity index (χ3v) is 8.67. The summed E-state index contributed by atoms with van der Waals surface area (Å²) in [6.45, 7) is 4.40. The van der Waals surface area contributed by atoms with Crippen LogP contribution in [0.2, 0.25) is 0 Å². The fourth-order valence-electron chi connectivity index (χ4n) is 6.35. The molecule has 216 valence electrons. The number of piperazine rings is 1. The van der Waals surface area contributed by atoms with E-state index in [1.807, 2.05) is 24.3 Å². The van der Waals surface area contributed by atoms with Gasteiger partial charge in [-0.25, -0.2) is 24.9 Å². The van der Waals surface area contributed by atoms with E-state index in [-0.39, 0.29) is 5.82 Å². The molecule has 0 unspecified atom stereocenters. The average molecular weight is 571 g/mol. The SMILES string of the molecule is N#Cc1nccc(N2CCN(Cc3ccc(-n4c(-c5cccnc5N)nc5ccc(C6CCCCC6)nc54)cc3)CC2)n1. The van der Waals surface area contributed by atoms with Crippen LogP contribution in [-0.4, -0.2) is 60.6 Å². The third-order valence-electron chi connectivity index (χ3n) is 8.67. The van der Waals surface area contributed by atoms with Crippen molar-refractivity contribution in [1.29, 1.82) is 5.26 Å². The van der Waals surface area contributed by atoms with Gasteiger partial charge in [0, 0.05) is 62.4 Å². The van der Waals surface area contributed by atoms with Gasteiger partial charge in [0.1, 0.15) is 23.2 Å². The van der Waals surface area contributed by atoms with Crippen molar-refractivity contribution in [3.63, 3.8) is 0 Å². The number of nitrogen functional groups attached to an aromatic ring is 1. The van der Waals surface area contributed by atoms with Gasteiger partial charge in [-0.15, -0.1) is 0 Å². The summed E-state index contributed by atoms with van der Waals surface area (Å²) in [5.41, 5.74) is 12.2. The standard InChI is InChI=1S/C33H34N10/c34-21-29-36-16-14-30(40-29)42-19-17-41(18-20-42)22-23-8-10-25(11-9-23)43-32(26-7-4-15-37-31(26)35)39-28-13-12-27(38-33(28)43)24-5-2-1-3-6-24/h4,7-16,24H,1-3,5-6,17-20,22H2,(H2,35,37). The largest absolute Gasteiger partial charge is 0.383 e. The second kappa shape index (κ2) is 11.8. The van der Waals surface area contributed by atoms with Gasteiger partial charge in [0.25, 0.3) is 0 Å². The Kier molecular flexibility index (Phi) is 7.39. The number of nitriles is 1. The summed E-state index contributed by atoms with van der Waals surface area (Å²) in [6, 6.07) is 20.7. The maximum atomic E-state index is 9.13. The van der Waals surface area contributed by atoms with Crippen LogP contribution in [0.25, 0.3) is 28.2 Å². The summed E-state index contributed by atoms with van der Waals surface area (Å²) in [7, 11) is 0. The van der Waals surface area contributed by atoms with Crippen LogP contribution in [0.4, 0.5) is 11.6 Å². The maximum Gasteiger partial charge on any atom is 0.234 e. The van der Waals surface area contributed by atoms with Crippen LogP contribution in [0.5, 0.6) is 0 Å². The van der Waals surface area contributed by atoms with E-state index in [4.69, 9.17) is 21.0 Å². The van der Waals surface area contributed by atoms with Crippen molar-refractivity contribution >= 4 is 22.8 Å². The van der Waals surface area contributed by atoms with E-state index in [9.17, 15) is 0 Å². The van der Waals surface area contributed by atoms with Gasteiger partial charge in [-0.05, 0) is 60.9 Å². The lowest BCUT2D eigenvalue weighted by Gasteiger charge is -2.35. The van der Waals surface area contributed by atoms with Gasteiger partial charge >= 0.3 is 0 Å². The molecular weight excluding hydrogens is 536 g/mol. The molecule has 2 fully saturated rings. The first kappa shape index (κ1) is 27.0. The molecule has 0 amide bonds. The molecule has 1 saturated heterocycles. The molecule has 0 spiro atoms. The minimum atomic E-state index is 0.209. The molecule has 4 aromatic heterocycles. The number of anilines is 2. The third kappa shape index (κ3) is 5.51. The van der Waals surface area contributed by atoms with E-state index < -0.39 is 0 Å². The van der Waals surface area contributed by atoms with E-state index in [0.717, 1.165) is 72.5 Å². The van der Waals surface area contributed by atoms with Gasteiger partial charge in [-0.1, -0.05) is 31.4 Å². The topological polar surface area (TPSA) is 126 Å². The highest BCUT2D eigenvalue weighted by Gasteiger charge is 2.22. The lowest BCUT2D eigenvalue weighted by molar-refractivity contribution is 0.249. The highest BCUT2D eigenvalue weighted by molar-refractivity contribution is 5.83. The van der Waals surface area contributed by atoms with Crippen molar-refractivity contribution in [2.45, 2.75) is 44.6 Å². The van der Waals surface area contributed by atoms with Gasteiger partial charge in [-0.2, -0.15) is 5.26 Å². The van der Waals surface area contributed by atoms with Crippen molar-refractivity contribution in [2.75, 3.05) is 36.8 Å². The molecule has 10 heteroatoms. The van der Waals surface area contributed by atoms with Gasteiger partial charge in [0.2, 0.25) is 5.82 Å². The molecule has 5 aromatic rings. The normalized spacial score (nSPS) is 16.4. The summed E-state index contributed by atoms with van der Waals surface area (Å²) in [5.74, 6) is 2.73. The average Bonchev–Trinajstić information content (AvgIpc) is 3.44.